The first-order valence-electron chi connectivity index (χ1n) is 8.28. The number of anilines is 1. The molecule has 6 nitrogen and oxygen atoms in total. The number of nitrogens with one attached hydrogen (secondary N) is 1. The van der Waals surface area contributed by atoms with Crippen molar-refractivity contribution >= 4 is 17.6 Å². The summed E-state index contributed by atoms with van der Waals surface area (Å²) in [7, 11) is 1.60. The van der Waals surface area contributed by atoms with Gasteiger partial charge in [0.25, 0.3) is 0 Å². The monoisotopic (exact) mass is 357 g/mol. The van der Waals surface area contributed by atoms with Crippen molar-refractivity contribution in [3.8, 4) is 5.75 Å². The molecule has 2 aromatic rings. The fraction of sp³-hybridized carbons (Fsp3) is 0.263. The number of rotatable bonds is 6. The lowest BCUT2D eigenvalue weighted by Gasteiger charge is -2.18. The maximum Gasteiger partial charge on any atom is 0.325 e. The molecule has 1 heterocycles. The normalized spacial score (nSPS) is 13.8. The van der Waals surface area contributed by atoms with Gasteiger partial charge >= 0.3 is 6.03 Å². The van der Waals surface area contributed by atoms with Crippen LogP contribution < -0.4 is 15.0 Å². The minimum atomic E-state index is -0.352. The van der Waals surface area contributed by atoms with Crippen molar-refractivity contribution < 1.29 is 18.7 Å². The molecular formula is C19H20FN3O3. The van der Waals surface area contributed by atoms with Gasteiger partial charge in [0.15, 0.2) is 0 Å². The fourth-order valence-electron chi connectivity index (χ4n) is 2.76. The SMILES string of the molecule is COc1ccc(CNC(=O)CN2CCN(c3ccc(F)cc3)C2=O)cc1. The molecule has 1 saturated heterocycles. The number of carbonyl (C=O) groups is 2. The molecule has 1 aliphatic heterocycles. The van der Waals surface area contributed by atoms with Crippen molar-refractivity contribution in [2.45, 2.75) is 6.54 Å². The van der Waals surface area contributed by atoms with Gasteiger partial charge in [-0.1, -0.05) is 12.1 Å². The summed E-state index contributed by atoms with van der Waals surface area (Å²) in [5, 5.41) is 2.80. The fourth-order valence-corrected chi connectivity index (χ4v) is 2.76. The van der Waals surface area contributed by atoms with E-state index in [2.05, 4.69) is 5.32 Å². The average Bonchev–Trinajstić information content (AvgIpc) is 3.01. The number of carbonyl (C=O) groups excluding carboxylic acids is 2. The Balaban J connectivity index is 1.51. The molecule has 0 radical (unpaired) electrons. The second-order valence-electron chi connectivity index (χ2n) is 5.96. The third-order valence-corrected chi connectivity index (χ3v) is 4.22. The summed E-state index contributed by atoms with van der Waals surface area (Å²) in [5.74, 6) is 0.175. The summed E-state index contributed by atoms with van der Waals surface area (Å²) in [6, 6.07) is 12.9. The lowest BCUT2D eigenvalue weighted by atomic mass is 10.2. The highest BCUT2D eigenvalue weighted by Gasteiger charge is 2.30. The van der Waals surface area contributed by atoms with E-state index >= 15 is 0 Å². The second kappa shape index (κ2) is 7.86. The zero-order valence-electron chi connectivity index (χ0n) is 14.4. The lowest BCUT2D eigenvalue weighted by molar-refractivity contribution is -0.121. The quantitative estimate of drug-likeness (QED) is 0.864. The number of nitrogens with zero attached hydrogens (tertiary/aromatic N) is 2. The molecule has 1 aliphatic rings. The molecule has 0 unspecified atom stereocenters. The van der Waals surface area contributed by atoms with Gasteiger partial charge in [0.1, 0.15) is 18.1 Å². The maximum atomic E-state index is 13.0. The minimum Gasteiger partial charge on any atom is -0.497 e. The first-order chi connectivity index (χ1) is 12.6. The van der Waals surface area contributed by atoms with Crippen molar-refractivity contribution in [1.29, 1.82) is 0 Å². The molecule has 7 heteroatoms. The van der Waals surface area contributed by atoms with Crippen LogP contribution in [0.2, 0.25) is 0 Å². The number of halogens is 1. The predicted octanol–water partition coefficient (Wildman–Crippen LogP) is 2.39. The predicted molar refractivity (Wildman–Crippen MR) is 95.6 cm³/mol. The van der Waals surface area contributed by atoms with Crippen LogP contribution in [0.15, 0.2) is 48.5 Å². The van der Waals surface area contributed by atoms with E-state index in [4.69, 9.17) is 4.74 Å². The van der Waals surface area contributed by atoms with E-state index < -0.39 is 0 Å². The van der Waals surface area contributed by atoms with Crippen LogP contribution in [0, 0.1) is 5.82 Å². The summed E-state index contributed by atoms with van der Waals surface area (Å²) >= 11 is 0. The zero-order valence-corrected chi connectivity index (χ0v) is 14.4. The number of ether oxygens (including phenoxy) is 1. The average molecular weight is 357 g/mol. The molecular weight excluding hydrogens is 337 g/mol. The molecule has 2 aromatic carbocycles. The highest BCUT2D eigenvalue weighted by Crippen LogP contribution is 2.20. The summed E-state index contributed by atoms with van der Waals surface area (Å²) in [6.45, 7) is 1.29. The van der Waals surface area contributed by atoms with E-state index in [1.54, 1.807) is 19.2 Å². The third kappa shape index (κ3) is 4.11. The van der Waals surface area contributed by atoms with Gasteiger partial charge in [-0.2, -0.15) is 0 Å². The van der Waals surface area contributed by atoms with Crippen LogP contribution in [0.1, 0.15) is 5.56 Å². The van der Waals surface area contributed by atoms with Crippen molar-refractivity contribution in [1.82, 2.24) is 10.2 Å². The van der Waals surface area contributed by atoms with E-state index in [1.807, 2.05) is 24.3 Å². The summed E-state index contributed by atoms with van der Waals surface area (Å²) in [6.07, 6.45) is 0. The van der Waals surface area contributed by atoms with Crippen LogP contribution in [-0.2, 0) is 11.3 Å². The number of methoxy groups -OCH3 is 1. The van der Waals surface area contributed by atoms with Crippen LogP contribution in [0.5, 0.6) is 5.75 Å². The summed E-state index contributed by atoms with van der Waals surface area (Å²) < 4.78 is 18.1. The van der Waals surface area contributed by atoms with Gasteiger partial charge in [0.05, 0.1) is 7.11 Å². The van der Waals surface area contributed by atoms with Gasteiger partial charge in [-0.05, 0) is 42.0 Å². The molecule has 0 atom stereocenters. The molecule has 1 N–H and O–H groups in total. The third-order valence-electron chi connectivity index (χ3n) is 4.22. The van der Waals surface area contributed by atoms with E-state index in [1.165, 1.54) is 21.9 Å². The Morgan fingerprint density at radius 1 is 1.12 bits per heavy atom. The highest BCUT2D eigenvalue weighted by molar-refractivity contribution is 5.96. The Labute approximate surface area is 151 Å². The molecule has 0 bridgehead atoms. The molecule has 1 fully saturated rings. The lowest BCUT2D eigenvalue weighted by Crippen LogP contribution is -2.39. The first kappa shape index (κ1) is 17.7. The van der Waals surface area contributed by atoms with Gasteiger partial charge < -0.3 is 15.0 Å². The van der Waals surface area contributed by atoms with Crippen molar-refractivity contribution in [3.05, 3.63) is 59.9 Å². The van der Waals surface area contributed by atoms with Gasteiger partial charge in [-0.3, -0.25) is 9.69 Å². The smallest absolute Gasteiger partial charge is 0.325 e. The number of benzene rings is 2. The maximum absolute atomic E-state index is 13.0. The number of urea groups is 1. The Morgan fingerprint density at radius 2 is 1.81 bits per heavy atom. The number of hydrogen-bond donors (Lipinski definition) is 1. The Morgan fingerprint density at radius 3 is 2.46 bits per heavy atom. The van der Waals surface area contributed by atoms with Gasteiger partial charge in [-0.15, -0.1) is 0 Å². The van der Waals surface area contributed by atoms with Crippen molar-refractivity contribution in [3.63, 3.8) is 0 Å². The Bertz CT molecular complexity index is 778. The summed E-state index contributed by atoms with van der Waals surface area (Å²) in [5.41, 5.74) is 1.57. The zero-order chi connectivity index (χ0) is 18.5. The molecule has 26 heavy (non-hydrogen) atoms. The molecule has 3 rings (SSSR count). The molecule has 0 saturated carbocycles. The molecule has 136 valence electrons. The van der Waals surface area contributed by atoms with E-state index in [0.29, 0.717) is 25.3 Å². The topological polar surface area (TPSA) is 61.9 Å². The van der Waals surface area contributed by atoms with Crippen LogP contribution >= 0.6 is 0 Å². The molecule has 0 spiro atoms. The Kier molecular flexibility index (Phi) is 5.36. The molecule has 0 aromatic heterocycles. The van der Waals surface area contributed by atoms with E-state index in [-0.39, 0.29) is 24.3 Å². The van der Waals surface area contributed by atoms with E-state index in [9.17, 15) is 14.0 Å². The number of amides is 3. The summed E-state index contributed by atoms with van der Waals surface area (Å²) in [4.78, 5) is 27.6. The highest BCUT2D eigenvalue weighted by atomic mass is 19.1. The van der Waals surface area contributed by atoms with Crippen molar-refractivity contribution in [2.24, 2.45) is 0 Å². The molecule has 3 amide bonds. The van der Waals surface area contributed by atoms with Gasteiger partial charge in [0.2, 0.25) is 5.91 Å². The first-order valence-corrected chi connectivity index (χ1v) is 8.28. The standard InChI is InChI=1S/C19H20FN3O3/c1-26-17-8-2-14(3-9-17)12-21-18(24)13-22-10-11-23(19(22)25)16-6-4-15(20)5-7-16/h2-9H,10-13H2,1H3,(H,21,24). The van der Waals surface area contributed by atoms with Crippen molar-refractivity contribution in [2.75, 3.05) is 31.6 Å². The van der Waals surface area contributed by atoms with Gasteiger partial charge in [0, 0.05) is 25.3 Å². The largest absolute Gasteiger partial charge is 0.497 e. The second-order valence-corrected chi connectivity index (χ2v) is 5.96. The van der Waals surface area contributed by atoms with Crippen LogP contribution in [0.3, 0.4) is 0 Å². The van der Waals surface area contributed by atoms with Crippen LogP contribution in [-0.4, -0.2) is 43.6 Å². The Hall–Kier alpha value is -3.09. The molecule has 0 aliphatic carbocycles. The van der Waals surface area contributed by atoms with E-state index in [0.717, 1.165) is 11.3 Å². The minimum absolute atomic E-state index is 0.00726. The number of hydrogen-bond acceptors (Lipinski definition) is 3. The van der Waals surface area contributed by atoms with Gasteiger partial charge in [-0.25, -0.2) is 9.18 Å². The van der Waals surface area contributed by atoms with Crippen LogP contribution in [0.25, 0.3) is 0 Å². The van der Waals surface area contributed by atoms with Crippen LogP contribution in [0.4, 0.5) is 14.9 Å².